The van der Waals surface area contributed by atoms with Crippen molar-refractivity contribution in [1.29, 1.82) is 0 Å². The van der Waals surface area contributed by atoms with Gasteiger partial charge in [0.25, 0.3) is 0 Å². The summed E-state index contributed by atoms with van der Waals surface area (Å²) in [7, 11) is -2.05. The fourth-order valence-electron chi connectivity index (χ4n) is 3.74. The molecule has 0 unspecified atom stereocenters. The van der Waals surface area contributed by atoms with Crippen molar-refractivity contribution in [2.75, 3.05) is 0 Å². The van der Waals surface area contributed by atoms with Gasteiger partial charge in [-0.25, -0.2) is 4.39 Å². The summed E-state index contributed by atoms with van der Waals surface area (Å²) in [6.07, 6.45) is 0. The molecule has 0 saturated carbocycles. The van der Waals surface area contributed by atoms with Gasteiger partial charge in [-0.3, -0.25) is 0 Å². The van der Waals surface area contributed by atoms with Crippen molar-refractivity contribution in [2.45, 2.75) is 96.6 Å². The van der Waals surface area contributed by atoms with Crippen LogP contribution in [0, 0.1) is 5.82 Å². The van der Waals surface area contributed by atoms with Gasteiger partial charge in [-0.15, -0.1) is 0 Å². The van der Waals surface area contributed by atoms with E-state index in [0.29, 0.717) is 0 Å². The lowest BCUT2D eigenvalue weighted by Gasteiger charge is -2.32. The molecule has 0 aromatic heterocycles. The Morgan fingerprint density at radius 1 is 0.759 bits per heavy atom. The zero-order valence-corrected chi connectivity index (χ0v) is 20.5. The number of hydrogen-bond donors (Lipinski definition) is 0. The molecule has 0 bridgehead atoms. The molecule has 159 valence electrons. The molecule has 0 N–H and O–H groups in total. The summed E-state index contributed by atoms with van der Waals surface area (Å²) in [5.41, 5.74) is -1.26. The molecule has 3 rings (SSSR count). The molecule has 2 aliphatic rings. The zero-order valence-electron chi connectivity index (χ0n) is 19.5. The maximum absolute atomic E-state index is 14.1. The van der Waals surface area contributed by atoms with E-state index in [4.69, 9.17) is 18.6 Å². The molecular weight excluding hydrogens is 385 g/mol. The summed E-state index contributed by atoms with van der Waals surface area (Å²) in [6.45, 7) is 20.6. The van der Waals surface area contributed by atoms with E-state index in [-0.39, 0.29) is 11.5 Å². The monoisotopic (exact) mass is 419 g/mol. The van der Waals surface area contributed by atoms with Gasteiger partial charge in [0.2, 0.25) is 0 Å². The smallest absolute Gasteiger partial charge is 0.403 e. The lowest BCUT2D eigenvalue weighted by atomic mass is 9.49. The van der Waals surface area contributed by atoms with Crippen molar-refractivity contribution >= 4 is 28.2 Å². The van der Waals surface area contributed by atoms with Crippen molar-refractivity contribution in [1.82, 2.24) is 0 Å². The molecule has 1 radical (unpaired) electrons. The molecule has 1 aromatic rings. The van der Waals surface area contributed by atoms with E-state index in [0.717, 1.165) is 10.8 Å². The third-order valence-corrected chi connectivity index (χ3v) is 8.55. The van der Waals surface area contributed by atoms with Crippen molar-refractivity contribution in [3.05, 3.63) is 29.6 Å². The van der Waals surface area contributed by atoms with Crippen molar-refractivity contribution in [2.24, 2.45) is 0 Å². The van der Waals surface area contributed by atoms with Gasteiger partial charge >= 0.3 is 14.2 Å². The average Bonchev–Trinajstić information content (AvgIpc) is 2.88. The van der Waals surface area contributed by atoms with E-state index < -0.39 is 45.4 Å². The first-order valence-corrected chi connectivity index (χ1v) is 12.9. The van der Waals surface area contributed by atoms with E-state index in [9.17, 15) is 4.39 Å². The van der Waals surface area contributed by atoms with E-state index in [1.807, 2.05) is 61.5 Å². The first kappa shape index (κ1) is 23.0. The van der Waals surface area contributed by atoms with Crippen LogP contribution in [-0.2, 0) is 18.6 Å². The van der Waals surface area contributed by atoms with Gasteiger partial charge in [0.15, 0.2) is 0 Å². The van der Waals surface area contributed by atoms with Gasteiger partial charge in [0.1, 0.15) is 5.82 Å². The molecule has 29 heavy (non-hydrogen) atoms. The zero-order chi connectivity index (χ0) is 22.0. The van der Waals surface area contributed by atoms with Gasteiger partial charge in [0.05, 0.1) is 36.9 Å². The number of hydrogen-bond acceptors (Lipinski definition) is 4. The van der Waals surface area contributed by atoms with Gasteiger partial charge in [-0.05, 0) is 73.1 Å². The maximum Gasteiger partial charge on any atom is 0.463 e. The summed E-state index contributed by atoms with van der Waals surface area (Å²) in [6, 6.07) is 5.00. The molecule has 1 aromatic carbocycles. The Labute approximate surface area is 177 Å². The van der Waals surface area contributed by atoms with Crippen LogP contribution in [0.15, 0.2) is 18.2 Å². The molecule has 2 saturated heterocycles. The van der Waals surface area contributed by atoms with Crippen molar-refractivity contribution in [3.63, 3.8) is 0 Å². The molecule has 0 atom stereocenters. The summed E-state index contributed by atoms with van der Waals surface area (Å²) >= 11 is 0. The number of rotatable bonds is 4. The average molecular weight is 419 g/mol. The van der Waals surface area contributed by atoms with Crippen LogP contribution in [0.25, 0.3) is 0 Å². The minimum Gasteiger partial charge on any atom is -0.403 e. The number of halogens is 1. The highest BCUT2D eigenvalue weighted by molar-refractivity contribution is 6.74. The van der Waals surface area contributed by atoms with Crippen LogP contribution in [0.3, 0.4) is 0 Å². The highest BCUT2D eigenvalue weighted by Crippen LogP contribution is 2.46. The SMILES string of the molecule is C[Si](C)c1cc(F)ccc1C(B1OC(C)(C)C(C)(C)O1)B1OC(C)(C)C(C)(C)O1. The van der Waals surface area contributed by atoms with E-state index in [2.05, 4.69) is 13.1 Å². The standard InChI is InChI=1S/C21H34B2FO4Si/c1-18(2)19(3,4)26-22(25-18)17(23-27-20(5,6)21(7,8)28-23)15-12-11-14(24)13-16(15)29(9)10/h11-13,17H,1-10H3. The Balaban J connectivity index is 2.10. The van der Waals surface area contributed by atoms with Gasteiger partial charge in [-0.2, -0.15) is 0 Å². The van der Waals surface area contributed by atoms with Gasteiger partial charge in [-0.1, -0.05) is 24.3 Å². The largest absolute Gasteiger partial charge is 0.463 e. The topological polar surface area (TPSA) is 36.9 Å². The molecule has 4 nitrogen and oxygen atoms in total. The second kappa shape index (κ2) is 7.19. The highest BCUT2D eigenvalue weighted by atomic mass is 28.3. The molecule has 2 aliphatic heterocycles. The van der Waals surface area contributed by atoms with E-state index in [1.165, 1.54) is 6.07 Å². The quantitative estimate of drug-likeness (QED) is 0.688. The number of benzene rings is 1. The predicted molar refractivity (Wildman–Crippen MR) is 118 cm³/mol. The Morgan fingerprint density at radius 3 is 1.48 bits per heavy atom. The van der Waals surface area contributed by atoms with E-state index in [1.54, 1.807) is 6.07 Å². The summed E-state index contributed by atoms with van der Waals surface area (Å²) < 4.78 is 39.8. The fourth-order valence-corrected chi connectivity index (χ4v) is 5.00. The van der Waals surface area contributed by atoms with Gasteiger partial charge in [0, 0.05) is 0 Å². The first-order valence-electron chi connectivity index (χ1n) is 10.4. The summed E-state index contributed by atoms with van der Waals surface area (Å²) in [4.78, 5) is 0. The summed E-state index contributed by atoms with van der Waals surface area (Å²) in [5, 5.41) is 1.02. The predicted octanol–water partition coefficient (Wildman–Crippen LogP) is 4.13. The normalized spacial score (nSPS) is 24.7. The van der Waals surface area contributed by atoms with Crippen molar-refractivity contribution in [3.8, 4) is 0 Å². The molecule has 2 fully saturated rings. The minimum absolute atomic E-state index is 0.225. The molecule has 0 aliphatic carbocycles. The molecule has 2 heterocycles. The van der Waals surface area contributed by atoms with Crippen LogP contribution in [-0.4, -0.2) is 45.4 Å². The minimum atomic E-state index is -0.942. The van der Waals surface area contributed by atoms with Crippen LogP contribution in [0.2, 0.25) is 13.1 Å². The van der Waals surface area contributed by atoms with Crippen LogP contribution in [0.5, 0.6) is 0 Å². The van der Waals surface area contributed by atoms with Crippen LogP contribution in [0.4, 0.5) is 4.39 Å². The molecule has 8 heteroatoms. The highest BCUT2D eigenvalue weighted by Gasteiger charge is 2.62. The second-order valence-corrected chi connectivity index (χ2v) is 13.0. The Hall–Kier alpha value is -0.663. The maximum atomic E-state index is 14.1. The third kappa shape index (κ3) is 3.99. The van der Waals surface area contributed by atoms with Crippen LogP contribution < -0.4 is 5.19 Å². The second-order valence-electron chi connectivity index (χ2n) is 10.5. The van der Waals surface area contributed by atoms with E-state index >= 15 is 0 Å². The molecular formula is C21H34B2FO4Si. The first-order chi connectivity index (χ1) is 13.1. The molecule has 0 spiro atoms. The Bertz CT molecular complexity index is 714. The Kier molecular flexibility index (Phi) is 5.71. The van der Waals surface area contributed by atoms with Crippen molar-refractivity contribution < 1.29 is 23.0 Å². The lowest BCUT2D eigenvalue weighted by molar-refractivity contribution is 0.00578. The third-order valence-electron chi connectivity index (χ3n) is 7.04. The Morgan fingerprint density at radius 2 is 1.14 bits per heavy atom. The lowest BCUT2D eigenvalue weighted by Crippen LogP contribution is -2.45. The fraction of sp³-hybridized carbons (Fsp3) is 0.714. The van der Waals surface area contributed by atoms with Crippen LogP contribution >= 0.6 is 0 Å². The summed E-state index contributed by atoms with van der Waals surface area (Å²) in [5.74, 6) is -0.225. The van der Waals surface area contributed by atoms with Crippen LogP contribution in [0.1, 0.15) is 66.7 Å². The molecule has 0 amide bonds. The van der Waals surface area contributed by atoms with Gasteiger partial charge < -0.3 is 18.6 Å².